The highest BCUT2D eigenvalue weighted by Crippen LogP contribution is 2.37. The van der Waals surface area contributed by atoms with Crippen molar-refractivity contribution in [1.29, 1.82) is 0 Å². The Hall–Kier alpha value is -1.27. The summed E-state index contributed by atoms with van der Waals surface area (Å²) in [6.45, 7) is 0. The summed E-state index contributed by atoms with van der Waals surface area (Å²) in [6, 6.07) is 0. The first-order valence-corrected chi connectivity index (χ1v) is 3.41. The molecule has 1 aliphatic rings. The Balaban J connectivity index is 3.04. The number of halogens is 3. The molecule has 74 valence electrons. The second-order valence-electron chi connectivity index (χ2n) is 2.76. The number of aliphatic carboxylic acids is 1. The number of carboxylic acids is 1. The number of hydrogen-bond acceptors (Lipinski definition) is 2. The summed E-state index contributed by atoms with van der Waals surface area (Å²) in [7, 11) is 0. The molecule has 1 rings (SSSR count). The highest BCUT2D eigenvalue weighted by Gasteiger charge is 2.64. The zero-order valence-electron chi connectivity index (χ0n) is 6.31. The number of carbonyl (C=O) groups excluding carboxylic acids is 1. The fourth-order valence-corrected chi connectivity index (χ4v) is 1.16. The average molecular weight is 197 g/mol. The second-order valence-corrected chi connectivity index (χ2v) is 2.76. The van der Waals surface area contributed by atoms with E-state index in [0.717, 1.165) is 0 Å². The Morgan fingerprint density at radius 1 is 1.54 bits per heavy atom. The molecule has 0 bridgehead atoms. The first kappa shape index (κ1) is 9.82. The molecule has 0 radical (unpaired) electrons. The number of carbonyl (C=O) groups is 2. The van der Waals surface area contributed by atoms with Crippen LogP contribution in [-0.2, 0) is 9.59 Å². The molecule has 1 aliphatic heterocycles. The third-order valence-corrected chi connectivity index (χ3v) is 1.93. The summed E-state index contributed by atoms with van der Waals surface area (Å²) >= 11 is 0. The maximum atomic E-state index is 12.2. The normalized spacial score (nSPS) is 28.7. The smallest absolute Gasteiger partial charge is 0.422 e. The SMILES string of the molecule is O=C1CCC(C(=O)O)(C(F)(F)F)N1. The van der Waals surface area contributed by atoms with Gasteiger partial charge in [-0.2, -0.15) is 13.2 Å². The van der Waals surface area contributed by atoms with Gasteiger partial charge in [-0.05, 0) is 6.42 Å². The van der Waals surface area contributed by atoms with Crippen molar-refractivity contribution in [2.24, 2.45) is 0 Å². The van der Waals surface area contributed by atoms with Gasteiger partial charge in [0.05, 0.1) is 0 Å². The van der Waals surface area contributed by atoms with E-state index in [-0.39, 0.29) is 0 Å². The molecule has 1 amide bonds. The van der Waals surface area contributed by atoms with Crippen LogP contribution in [0.1, 0.15) is 12.8 Å². The molecule has 1 atom stereocenters. The molecule has 0 aliphatic carbocycles. The van der Waals surface area contributed by atoms with Crippen molar-refractivity contribution < 1.29 is 27.9 Å². The average Bonchev–Trinajstić information content (AvgIpc) is 2.30. The van der Waals surface area contributed by atoms with Crippen LogP contribution in [-0.4, -0.2) is 28.7 Å². The van der Waals surface area contributed by atoms with Gasteiger partial charge in [0.15, 0.2) is 0 Å². The number of alkyl halides is 3. The molecule has 7 heteroatoms. The van der Waals surface area contributed by atoms with Crippen molar-refractivity contribution in [2.45, 2.75) is 24.6 Å². The van der Waals surface area contributed by atoms with Crippen molar-refractivity contribution in [3.05, 3.63) is 0 Å². The molecule has 0 aromatic heterocycles. The first-order valence-electron chi connectivity index (χ1n) is 3.41. The summed E-state index contributed by atoms with van der Waals surface area (Å²) in [5.41, 5.74) is -3.08. The number of amides is 1. The Morgan fingerprint density at radius 3 is 2.23 bits per heavy atom. The molecule has 0 aromatic carbocycles. The van der Waals surface area contributed by atoms with Crippen molar-refractivity contribution >= 4 is 11.9 Å². The van der Waals surface area contributed by atoms with Crippen molar-refractivity contribution in [1.82, 2.24) is 5.32 Å². The van der Waals surface area contributed by atoms with Gasteiger partial charge in [-0.1, -0.05) is 0 Å². The molecule has 1 saturated heterocycles. The monoisotopic (exact) mass is 197 g/mol. The Morgan fingerprint density at radius 2 is 2.08 bits per heavy atom. The zero-order chi connectivity index (χ0) is 10.3. The van der Waals surface area contributed by atoms with E-state index >= 15 is 0 Å². The maximum absolute atomic E-state index is 12.2. The summed E-state index contributed by atoms with van der Waals surface area (Å²) in [6.07, 6.45) is -6.11. The maximum Gasteiger partial charge on any atom is 0.422 e. The third-order valence-electron chi connectivity index (χ3n) is 1.93. The van der Waals surface area contributed by atoms with E-state index in [1.807, 2.05) is 0 Å². The summed E-state index contributed by atoms with van der Waals surface area (Å²) in [5.74, 6) is -2.95. The molecule has 1 unspecified atom stereocenters. The lowest BCUT2D eigenvalue weighted by atomic mass is 9.97. The molecule has 0 aromatic rings. The van der Waals surface area contributed by atoms with Crippen LogP contribution in [0.5, 0.6) is 0 Å². The lowest BCUT2D eigenvalue weighted by molar-refractivity contribution is -0.206. The van der Waals surface area contributed by atoms with Gasteiger partial charge in [0.1, 0.15) is 0 Å². The second kappa shape index (κ2) is 2.61. The first-order chi connectivity index (χ1) is 5.79. The predicted molar refractivity (Wildman–Crippen MR) is 33.8 cm³/mol. The zero-order valence-corrected chi connectivity index (χ0v) is 6.31. The fourth-order valence-electron chi connectivity index (χ4n) is 1.16. The Bertz CT molecular complexity index is 262. The van der Waals surface area contributed by atoms with Crippen LogP contribution in [0.15, 0.2) is 0 Å². The lowest BCUT2D eigenvalue weighted by Gasteiger charge is -2.26. The molecule has 13 heavy (non-hydrogen) atoms. The van der Waals surface area contributed by atoms with Gasteiger partial charge < -0.3 is 10.4 Å². The molecule has 2 N–H and O–H groups in total. The minimum atomic E-state index is -4.95. The Labute approximate surface area is 70.7 Å². The van der Waals surface area contributed by atoms with E-state index in [9.17, 15) is 22.8 Å². The highest BCUT2D eigenvalue weighted by atomic mass is 19.4. The molecular formula is C6H6F3NO3. The minimum Gasteiger partial charge on any atom is -0.479 e. The van der Waals surface area contributed by atoms with Gasteiger partial charge in [0, 0.05) is 6.42 Å². The van der Waals surface area contributed by atoms with Crippen LogP contribution in [0, 0.1) is 0 Å². The standard InChI is InChI=1S/C6H6F3NO3/c7-6(8,9)5(4(12)13)2-1-3(11)10-5/h1-2H2,(H,10,11)(H,12,13). The summed E-state index contributed by atoms with van der Waals surface area (Å²) < 4.78 is 36.7. The van der Waals surface area contributed by atoms with Crippen LogP contribution >= 0.6 is 0 Å². The number of nitrogens with one attached hydrogen (secondary N) is 1. The van der Waals surface area contributed by atoms with Crippen LogP contribution < -0.4 is 5.32 Å². The Kier molecular flexibility index (Phi) is 1.97. The lowest BCUT2D eigenvalue weighted by Crippen LogP contribution is -2.59. The molecular weight excluding hydrogens is 191 g/mol. The van der Waals surface area contributed by atoms with E-state index < -0.39 is 36.4 Å². The van der Waals surface area contributed by atoms with Gasteiger partial charge in [-0.25, -0.2) is 4.79 Å². The van der Waals surface area contributed by atoms with Gasteiger partial charge in [-0.15, -0.1) is 0 Å². The number of rotatable bonds is 1. The molecule has 0 saturated carbocycles. The van der Waals surface area contributed by atoms with Crippen LogP contribution in [0.2, 0.25) is 0 Å². The minimum absolute atomic E-state index is 0.411. The number of hydrogen-bond donors (Lipinski definition) is 2. The van der Waals surface area contributed by atoms with E-state index in [2.05, 4.69) is 0 Å². The largest absolute Gasteiger partial charge is 0.479 e. The van der Waals surface area contributed by atoms with Gasteiger partial charge in [-0.3, -0.25) is 4.79 Å². The molecule has 4 nitrogen and oxygen atoms in total. The third kappa shape index (κ3) is 1.34. The molecule has 1 fully saturated rings. The van der Waals surface area contributed by atoms with Gasteiger partial charge in [0.2, 0.25) is 11.4 Å². The van der Waals surface area contributed by atoms with Gasteiger partial charge in [0.25, 0.3) is 0 Å². The topological polar surface area (TPSA) is 66.4 Å². The van der Waals surface area contributed by atoms with Crippen molar-refractivity contribution in [3.63, 3.8) is 0 Å². The molecule has 1 heterocycles. The quantitative estimate of drug-likeness (QED) is 0.634. The van der Waals surface area contributed by atoms with E-state index in [0.29, 0.717) is 0 Å². The van der Waals surface area contributed by atoms with E-state index in [4.69, 9.17) is 5.11 Å². The van der Waals surface area contributed by atoms with Crippen molar-refractivity contribution in [2.75, 3.05) is 0 Å². The van der Waals surface area contributed by atoms with E-state index in [1.165, 1.54) is 5.32 Å². The van der Waals surface area contributed by atoms with Gasteiger partial charge >= 0.3 is 12.1 Å². The van der Waals surface area contributed by atoms with E-state index in [1.54, 1.807) is 0 Å². The number of carboxylic acid groups (broad SMARTS) is 1. The molecule has 0 spiro atoms. The highest BCUT2D eigenvalue weighted by molar-refractivity contribution is 5.91. The van der Waals surface area contributed by atoms with Crippen LogP contribution in [0.25, 0.3) is 0 Å². The summed E-state index contributed by atoms with van der Waals surface area (Å²) in [5, 5.41) is 9.83. The fraction of sp³-hybridized carbons (Fsp3) is 0.667. The van der Waals surface area contributed by atoms with Crippen molar-refractivity contribution in [3.8, 4) is 0 Å². The predicted octanol–water partition coefficient (Wildman–Crippen LogP) is 0.282. The van der Waals surface area contributed by atoms with Crippen LogP contribution in [0.4, 0.5) is 13.2 Å². The summed E-state index contributed by atoms with van der Waals surface area (Å²) in [4.78, 5) is 20.9. The van der Waals surface area contributed by atoms with Crippen LogP contribution in [0.3, 0.4) is 0 Å².